The summed E-state index contributed by atoms with van der Waals surface area (Å²) >= 11 is 0. The van der Waals surface area contributed by atoms with Gasteiger partial charge in [0.1, 0.15) is 12.2 Å². The van der Waals surface area contributed by atoms with E-state index in [0.29, 0.717) is 19.3 Å². The van der Waals surface area contributed by atoms with E-state index in [-0.39, 0.29) is 6.42 Å². The maximum atomic E-state index is 10.3. The predicted octanol–water partition coefficient (Wildman–Crippen LogP) is 3.02. The van der Waals surface area contributed by atoms with Crippen molar-refractivity contribution >= 4 is 5.97 Å². The molecule has 0 rings (SSSR count). The molecular weight excluding hydrogens is 296 g/mol. The first-order valence-electron chi connectivity index (χ1n) is 8.91. The molecule has 136 valence electrons. The van der Waals surface area contributed by atoms with Gasteiger partial charge in [-0.25, -0.2) is 0 Å². The van der Waals surface area contributed by atoms with Gasteiger partial charge in [0.05, 0.1) is 6.10 Å². The summed E-state index contributed by atoms with van der Waals surface area (Å²) in [7, 11) is 0. The molecular formula is C18H34O5. The Morgan fingerprint density at radius 2 is 1.61 bits per heavy atom. The van der Waals surface area contributed by atoms with Crippen LogP contribution in [0.5, 0.6) is 0 Å². The van der Waals surface area contributed by atoms with Gasteiger partial charge in [0.25, 0.3) is 0 Å². The first-order valence-corrected chi connectivity index (χ1v) is 8.91. The van der Waals surface area contributed by atoms with Crippen molar-refractivity contribution in [2.75, 3.05) is 0 Å². The van der Waals surface area contributed by atoms with Gasteiger partial charge in [-0.15, -0.1) is 0 Å². The molecule has 0 aliphatic heterocycles. The molecule has 0 unspecified atom stereocenters. The second-order valence-electron chi connectivity index (χ2n) is 6.17. The number of allylic oxidation sites excluding steroid dienone is 1. The van der Waals surface area contributed by atoms with Crippen LogP contribution < -0.4 is 0 Å². The monoisotopic (exact) mass is 330 g/mol. The van der Waals surface area contributed by atoms with Crippen LogP contribution in [0.25, 0.3) is 0 Å². The molecule has 0 bridgehead atoms. The molecule has 0 radical (unpaired) electrons. The molecule has 0 aliphatic carbocycles. The van der Waals surface area contributed by atoms with Crippen LogP contribution in [0.1, 0.15) is 77.6 Å². The van der Waals surface area contributed by atoms with Gasteiger partial charge in [-0.3, -0.25) is 4.79 Å². The van der Waals surface area contributed by atoms with E-state index in [9.17, 15) is 20.1 Å². The van der Waals surface area contributed by atoms with E-state index in [0.717, 1.165) is 25.7 Å². The van der Waals surface area contributed by atoms with Gasteiger partial charge in [-0.05, 0) is 25.7 Å². The number of rotatable bonds is 15. The van der Waals surface area contributed by atoms with E-state index >= 15 is 0 Å². The van der Waals surface area contributed by atoms with Crippen LogP contribution in [0.15, 0.2) is 12.2 Å². The molecule has 23 heavy (non-hydrogen) atoms. The van der Waals surface area contributed by atoms with Crippen molar-refractivity contribution in [3.8, 4) is 0 Å². The van der Waals surface area contributed by atoms with Gasteiger partial charge < -0.3 is 20.4 Å². The number of aliphatic hydroxyl groups excluding tert-OH is 3. The maximum absolute atomic E-state index is 10.3. The van der Waals surface area contributed by atoms with E-state index < -0.39 is 24.3 Å². The summed E-state index contributed by atoms with van der Waals surface area (Å²) in [6, 6.07) is 0. The quantitative estimate of drug-likeness (QED) is 0.273. The normalized spacial score (nSPS) is 15.7. The highest BCUT2D eigenvalue weighted by Gasteiger charge is 2.21. The molecule has 0 fully saturated rings. The molecule has 0 heterocycles. The summed E-state index contributed by atoms with van der Waals surface area (Å²) in [4.78, 5) is 10.3. The van der Waals surface area contributed by atoms with Crippen molar-refractivity contribution in [3.05, 3.63) is 12.2 Å². The Morgan fingerprint density at radius 3 is 2.26 bits per heavy atom. The number of aliphatic carboxylic acids is 1. The van der Waals surface area contributed by atoms with Gasteiger partial charge in [0, 0.05) is 6.42 Å². The number of carboxylic acid groups (broad SMARTS) is 1. The third-order valence-corrected chi connectivity index (χ3v) is 3.94. The van der Waals surface area contributed by atoms with Crippen LogP contribution in [0.2, 0.25) is 0 Å². The molecule has 4 N–H and O–H groups in total. The van der Waals surface area contributed by atoms with Crippen LogP contribution >= 0.6 is 0 Å². The molecule has 0 aromatic heterocycles. The van der Waals surface area contributed by atoms with Crippen molar-refractivity contribution in [2.45, 2.75) is 95.9 Å². The highest BCUT2D eigenvalue weighted by molar-refractivity contribution is 5.66. The third kappa shape index (κ3) is 13.2. The number of hydrogen-bond acceptors (Lipinski definition) is 4. The molecule has 5 nitrogen and oxygen atoms in total. The molecule has 0 amide bonds. The third-order valence-electron chi connectivity index (χ3n) is 3.94. The van der Waals surface area contributed by atoms with Gasteiger partial charge in [0.15, 0.2) is 0 Å². The summed E-state index contributed by atoms with van der Waals surface area (Å²) in [5, 5.41) is 38.1. The zero-order valence-corrected chi connectivity index (χ0v) is 14.4. The Hall–Kier alpha value is -0.910. The van der Waals surface area contributed by atoms with Gasteiger partial charge >= 0.3 is 5.97 Å². The molecule has 5 heteroatoms. The standard InChI is InChI=1S/C18H34O5/c1-2-3-4-5-6-9-12-15(19)18(23)16(20)13-10-7-8-11-14-17(21)22/h10,13,15-16,18-20,23H,2-9,11-12,14H2,1H3,(H,21,22)/b13-10-/t15-,16+,18+/m1/s1. The summed E-state index contributed by atoms with van der Waals surface area (Å²) in [6.07, 6.45) is 9.38. The van der Waals surface area contributed by atoms with E-state index in [4.69, 9.17) is 5.11 Å². The predicted molar refractivity (Wildman–Crippen MR) is 91.3 cm³/mol. The van der Waals surface area contributed by atoms with E-state index in [1.807, 2.05) is 0 Å². The SMILES string of the molecule is CCCCCCCC[C@@H](O)[C@H](O)[C@@H](O)/C=C\CCCCC(=O)O. The Bertz CT molecular complexity index is 317. The van der Waals surface area contributed by atoms with Crippen LogP contribution in [0, 0.1) is 0 Å². The van der Waals surface area contributed by atoms with Crippen molar-refractivity contribution < 1.29 is 25.2 Å². The lowest BCUT2D eigenvalue weighted by molar-refractivity contribution is -0.137. The molecule has 0 spiro atoms. The van der Waals surface area contributed by atoms with Crippen molar-refractivity contribution in [2.24, 2.45) is 0 Å². The average molecular weight is 330 g/mol. The Morgan fingerprint density at radius 1 is 0.957 bits per heavy atom. The lowest BCUT2D eigenvalue weighted by Crippen LogP contribution is -2.36. The van der Waals surface area contributed by atoms with Gasteiger partial charge in [-0.1, -0.05) is 57.6 Å². The maximum Gasteiger partial charge on any atom is 0.303 e. The largest absolute Gasteiger partial charge is 0.481 e. The van der Waals surface area contributed by atoms with Gasteiger partial charge in [-0.2, -0.15) is 0 Å². The lowest BCUT2D eigenvalue weighted by atomic mass is 10.0. The first-order chi connectivity index (χ1) is 11.0. The fourth-order valence-corrected chi connectivity index (χ4v) is 2.42. The average Bonchev–Trinajstić information content (AvgIpc) is 2.52. The van der Waals surface area contributed by atoms with Crippen molar-refractivity contribution in [3.63, 3.8) is 0 Å². The fraction of sp³-hybridized carbons (Fsp3) is 0.833. The zero-order chi connectivity index (χ0) is 17.5. The Balaban J connectivity index is 3.76. The van der Waals surface area contributed by atoms with Crippen LogP contribution in [-0.2, 0) is 4.79 Å². The van der Waals surface area contributed by atoms with Crippen LogP contribution in [-0.4, -0.2) is 44.7 Å². The van der Waals surface area contributed by atoms with Crippen LogP contribution in [0.4, 0.5) is 0 Å². The number of unbranched alkanes of at least 4 members (excludes halogenated alkanes) is 7. The minimum absolute atomic E-state index is 0.149. The van der Waals surface area contributed by atoms with Crippen molar-refractivity contribution in [1.82, 2.24) is 0 Å². The summed E-state index contributed by atoms with van der Waals surface area (Å²) < 4.78 is 0. The van der Waals surface area contributed by atoms with Crippen molar-refractivity contribution in [1.29, 1.82) is 0 Å². The Kier molecular flexibility index (Phi) is 14.1. The zero-order valence-electron chi connectivity index (χ0n) is 14.4. The molecule has 0 aromatic rings. The smallest absolute Gasteiger partial charge is 0.303 e. The van der Waals surface area contributed by atoms with E-state index in [2.05, 4.69) is 6.92 Å². The molecule has 0 saturated heterocycles. The highest BCUT2D eigenvalue weighted by Crippen LogP contribution is 2.13. The minimum atomic E-state index is -1.17. The van der Waals surface area contributed by atoms with E-state index in [1.165, 1.54) is 25.3 Å². The molecule has 0 aliphatic rings. The van der Waals surface area contributed by atoms with Gasteiger partial charge in [0.2, 0.25) is 0 Å². The summed E-state index contributed by atoms with van der Waals surface area (Å²) in [5.41, 5.74) is 0. The van der Waals surface area contributed by atoms with E-state index in [1.54, 1.807) is 6.08 Å². The number of aliphatic hydroxyl groups is 3. The first kappa shape index (κ1) is 22.1. The molecule has 0 aromatic carbocycles. The fourth-order valence-electron chi connectivity index (χ4n) is 2.42. The number of hydrogen-bond donors (Lipinski definition) is 4. The second kappa shape index (κ2) is 14.7. The minimum Gasteiger partial charge on any atom is -0.481 e. The second-order valence-corrected chi connectivity index (χ2v) is 6.17. The van der Waals surface area contributed by atoms with Crippen LogP contribution in [0.3, 0.4) is 0 Å². The lowest BCUT2D eigenvalue weighted by Gasteiger charge is -2.20. The topological polar surface area (TPSA) is 98.0 Å². The Labute approximate surface area is 140 Å². The molecule has 3 atom stereocenters. The number of carbonyl (C=O) groups is 1. The summed E-state index contributed by atoms with van der Waals surface area (Å²) in [6.45, 7) is 2.17. The molecule has 0 saturated carbocycles. The summed E-state index contributed by atoms with van der Waals surface area (Å²) in [5.74, 6) is -0.803. The number of carboxylic acids is 1. The highest BCUT2D eigenvalue weighted by atomic mass is 16.4.